The number of ether oxygens (including phenoxy) is 2. The Balaban J connectivity index is 2.42. The van der Waals surface area contributed by atoms with Crippen LogP contribution in [0.1, 0.15) is 27.7 Å². The molecule has 2 unspecified atom stereocenters. The summed E-state index contributed by atoms with van der Waals surface area (Å²) < 4.78 is 10.6. The second-order valence-corrected chi connectivity index (χ2v) is 5.93. The molecule has 1 rings (SSSR count). The van der Waals surface area contributed by atoms with E-state index in [0.29, 0.717) is 32.3 Å². The molecule has 1 fully saturated rings. The van der Waals surface area contributed by atoms with Gasteiger partial charge in [0.2, 0.25) is 0 Å². The van der Waals surface area contributed by atoms with Gasteiger partial charge in [0.25, 0.3) is 0 Å². The minimum Gasteiger partial charge on any atom is -0.444 e. The van der Waals surface area contributed by atoms with Crippen molar-refractivity contribution < 1.29 is 14.3 Å². The maximum atomic E-state index is 11.6. The molecule has 19 heavy (non-hydrogen) atoms. The normalized spacial score (nSPS) is 22.9. The summed E-state index contributed by atoms with van der Waals surface area (Å²) in [4.78, 5) is 13.9. The van der Waals surface area contributed by atoms with Gasteiger partial charge in [0.05, 0.1) is 13.2 Å². The van der Waals surface area contributed by atoms with Crippen LogP contribution in [0.15, 0.2) is 0 Å². The Morgan fingerprint density at radius 2 is 2.26 bits per heavy atom. The molecule has 1 amide bonds. The zero-order valence-electron chi connectivity index (χ0n) is 12.4. The van der Waals surface area contributed by atoms with Gasteiger partial charge in [-0.2, -0.15) is 0 Å². The van der Waals surface area contributed by atoms with Crippen LogP contribution >= 0.6 is 0 Å². The fraction of sp³-hybridized carbons (Fsp3) is 0.923. The van der Waals surface area contributed by atoms with E-state index >= 15 is 0 Å². The third kappa shape index (κ3) is 5.76. The molecule has 112 valence electrons. The van der Waals surface area contributed by atoms with Crippen LogP contribution in [0.5, 0.6) is 0 Å². The van der Waals surface area contributed by atoms with E-state index in [2.05, 4.69) is 17.1 Å². The first-order chi connectivity index (χ1) is 8.83. The number of morpholine rings is 1. The van der Waals surface area contributed by atoms with Gasteiger partial charge in [0, 0.05) is 31.7 Å². The molecule has 0 aliphatic carbocycles. The van der Waals surface area contributed by atoms with Gasteiger partial charge < -0.3 is 20.5 Å². The zero-order valence-corrected chi connectivity index (χ0v) is 12.4. The second-order valence-electron chi connectivity index (χ2n) is 5.93. The van der Waals surface area contributed by atoms with Gasteiger partial charge in [-0.3, -0.25) is 4.90 Å². The van der Waals surface area contributed by atoms with Crippen LogP contribution in [0.3, 0.4) is 0 Å². The number of nitrogens with two attached hydrogens (primary N) is 1. The molecule has 6 heteroatoms. The summed E-state index contributed by atoms with van der Waals surface area (Å²) in [5.41, 5.74) is 5.33. The number of alkyl carbamates (subject to hydrolysis) is 1. The molecule has 0 radical (unpaired) electrons. The average Bonchev–Trinajstić information content (AvgIpc) is 2.29. The van der Waals surface area contributed by atoms with Crippen molar-refractivity contribution in [2.75, 3.05) is 32.8 Å². The molecule has 1 saturated heterocycles. The average molecular weight is 273 g/mol. The van der Waals surface area contributed by atoms with Gasteiger partial charge in [0.15, 0.2) is 0 Å². The lowest BCUT2D eigenvalue weighted by molar-refractivity contribution is -0.0205. The van der Waals surface area contributed by atoms with Crippen molar-refractivity contribution in [3.05, 3.63) is 0 Å². The molecule has 6 nitrogen and oxygen atoms in total. The monoisotopic (exact) mass is 273 g/mol. The van der Waals surface area contributed by atoms with Crippen molar-refractivity contribution in [2.45, 2.75) is 45.4 Å². The van der Waals surface area contributed by atoms with E-state index in [4.69, 9.17) is 15.2 Å². The number of nitrogens with one attached hydrogen (secondary N) is 1. The summed E-state index contributed by atoms with van der Waals surface area (Å²) in [7, 11) is 0. The van der Waals surface area contributed by atoms with Crippen LogP contribution in [0.4, 0.5) is 4.79 Å². The van der Waals surface area contributed by atoms with Gasteiger partial charge in [-0.25, -0.2) is 4.79 Å². The molecule has 0 aromatic carbocycles. The van der Waals surface area contributed by atoms with Crippen molar-refractivity contribution in [3.63, 3.8) is 0 Å². The highest BCUT2D eigenvalue weighted by Gasteiger charge is 2.26. The third-order valence-electron chi connectivity index (χ3n) is 3.04. The summed E-state index contributed by atoms with van der Waals surface area (Å²) in [6, 6.07) is 0.439. The maximum absolute atomic E-state index is 11.6. The standard InChI is InChI=1S/C13H27N3O3/c1-10-9-18-6-5-16(10)11(7-14)8-15-12(17)19-13(2,3)4/h10-11H,5-9,14H2,1-4H3,(H,15,17). The summed E-state index contributed by atoms with van der Waals surface area (Å²) in [5.74, 6) is 0. The van der Waals surface area contributed by atoms with Crippen LogP contribution in [-0.4, -0.2) is 61.5 Å². The van der Waals surface area contributed by atoms with E-state index in [-0.39, 0.29) is 6.04 Å². The van der Waals surface area contributed by atoms with Crippen molar-refractivity contribution in [1.29, 1.82) is 0 Å². The Kier molecular flexibility index (Phi) is 6.03. The maximum Gasteiger partial charge on any atom is 0.407 e. The van der Waals surface area contributed by atoms with Gasteiger partial charge in [-0.1, -0.05) is 0 Å². The van der Waals surface area contributed by atoms with E-state index < -0.39 is 11.7 Å². The topological polar surface area (TPSA) is 76.8 Å². The predicted octanol–water partition coefficient (Wildman–Crippen LogP) is 0.559. The largest absolute Gasteiger partial charge is 0.444 e. The molecule has 0 saturated carbocycles. The third-order valence-corrected chi connectivity index (χ3v) is 3.04. The van der Waals surface area contributed by atoms with E-state index in [9.17, 15) is 4.79 Å². The lowest BCUT2D eigenvalue weighted by Gasteiger charge is -2.39. The number of carbonyl (C=O) groups excluding carboxylic acids is 1. The Hall–Kier alpha value is -0.850. The van der Waals surface area contributed by atoms with Crippen molar-refractivity contribution in [3.8, 4) is 0 Å². The zero-order chi connectivity index (χ0) is 14.5. The van der Waals surface area contributed by atoms with Crippen LogP contribution in [-0.2, 0) is 9.47 Å². The van der Waals surface area contributed by atoms with Crippen molar-refractivity contribution >= 4 is 6.09 Å². The first-order valence-corrected chi connectivity index (χ1v) is 6.84. The van der Waals surface area contributed by atoms with E-state index in [0.717, 1.165) is 6.54 Å². The number of rotatable bonds is 4. The fourth-order valence-electron chi connectivity index (χ4n) is 2.13. The Morgan fingerprint density at radius 1 is 1.58 bits per heavy atom. The van der Waals surface area contributed by atoms with Gasteiger partial charge in [0.1, 0.15) is 5.60 Å². The molecule has 0 aromatic rings. The highest BCUT2D eigenvalue weighted by molar-refractivity contribution is 5.67. The number of nitrogens with zero attached hydrogens (tertiary/aromatic N) is 1. The van der Waals surface area contributed by atoms with Crippen LogP contribution in [0, 0.1) is 0 Å². The van der Waals surface area contributed by atoms with Crippen molar-refractivity contribution in [1.82, 2.24) is 10.2 Å². The molecule has 0 bridgehead atoms. The van der Waals surface area contributed by atoms with Gasteiger partial charge in [-0.15, -0.1) is 0 Å². The molecule has 1 heterocycles. The number of amides is 1. The van der Waals surface area contributed by atoms with Crippen molar-refractivity contribution in [2.24, 2.45) is 5.73 Å². The molecule has 2 atom stereocenters. The molecule has 0 spiro atoms. The van der Waals surface area contributed by atoms with E-state index in [1.807, 2.05) is 20.8 Å². The molecule has 1 aliphatic heterocycles. The Morgan fingerprint density at radius 3 is 2.79 bits per heavy atom. The first kappa shape index (κ1) is 16.2. The lowest BCUT2D eigenvalue weighted by Crippen LogP contribution is -2.56. The molecular weight excluding hydrogens is 246 g/mol. The minimum absolute atomic E-state index is 0.117. The summed E-state index contributed by atoms with van der Waals surface area (Å²) in [6.07, 6.45) is -0.396. The SMILES string of the molecule is CC1COCCN1C(CN)CNC(=O)OC(C)(C)C. The first-order valence-electron chi connectivity index (χ1n) is 6.84. The predicted molar refractivity (Wildman–Crippen MR) is 74.1 cm³/mol. The van der Waals surface area contributed by atoms with Crippen LogP contribution < -0.4 is 11.1 Å². The summed E-state index contributed by atoms with van der Waals surface area (Å²) >= 11 is 0. The molecular formula is C13H27N3O3. The lowest BCUT2D eigenvalue weighted by atomic mass is 10.1. The highest BCUT2D eigenvalue weighted by atomic mass is 16.6. The minimum atomic E-state index is -0.478. The summed E-state index contributed by atoms with van der Waals surface area (Å²) in [5, 5.41) is 2.78. The quantitative estimate of drug-likeness (QED) is 0.782. The van der Waals surface area contributed by atoms with E-state index in [1.54, 1.807) is 0 Å². The number of hydrogen-bond donors (Lipinski definition) is 2. The van der Waals surface area contributed by atoms with Gasteiger partial charge in [-0.05, 0) is 27.7 Å². The molecule has 3 N–H and O–H groups in total. The number of hydrogen-bond acceptors (Lipinski definition) is 5. The fourth-order valence-corrected chi connectivity index (χ4v) is 2.13. The van der Waals surface area contributed by atoms with E-state index in [1.165, 1.54) is 0 Å². The molecule has 1 aliphatic rings. The van der Waals surface area contributed by atoms with Gasteiger partial charge >= 0.3 is 6.09 Å². The molecule has 0 aromatic heterocycles. The Labute approximate surface area is 115 Å². The Bertz CT molecular complexity index is 291. The highest BCUT2D eigenvalue weighted by Crippen LogP contribution is 2.10. The van der Waals surface area contributed by atoms with Crippen LogP contribution in [0.25, 0.3) is 0 Å². The smallest absolute Gasteiger partial charge is 0.407 e. The second kappa shape index (κ2) is 7.07. The van der Waals surface area contributed by atoms with Crippen LogP contribution in [0.2, 0.25) is 0 Å². The summed E-state index contributed by atoms with van der Waals surface area (Å²) in [6.45, 7) is 10.9. The number of carbonyl (C=O) groups is 1.